The van der Waals surface area contributed by atoms with Crippen LogP contribution in [0.15, 0.2) is 40.1 Å². The van der Waals surface area contributed by atoms with Crippen molar-refractivity contribution >= 4 is 22.6 Å². The number of anilines is 1. The number of fused-ring (bicyclic) bond motifs is 1. The summed E-state index contributed by atoms with van der Waals surface area (Å²) in [6.07, 6.45) is 1.59. The van der Waals surface area contributed by atoms with Gasteiger partial charge < -0.3 is 10.1 Å². The number of carbonyl (C=O) groups is 1. The Morgan fingerprint density at radius 3 is 2.41 bits per heavy atom. The highest BCUT2D eigenvalue weighted by atomic mass is 16.5. The highest BCUT2D eigenvalue weighted by Crippen LogP contribution is 2.28. The molecule has 1 amide bonds. The summed E-state index contributed by atoms with van der Waals surface area (Å²) in [6, 6.07) is 7.36. The van der Waals surface area contributed by atoms with Crippen LogP contribution in [0, 0.1) is 6.92 Å². The largest absolute Gasteiger partial charge is 0.484 e. The van der Waals surface area contributed by atoms with Gasteiger partial charge in [0.05, 0.1) is 5.69 Å². The van der Waals surface area contributed by atoms with Gasteiger partial charge in [-0.2, -0.15) is 0 Å². The number of hydrogen-bond acceptors (Lipinski definition) is 5. The minimum Gasteiger partial charge on any atom is -0.484 e. The first-order valence-electron chi connectivity index (χ1n) is 9.28. The van der Waals surface area contributed by atoms with Crippen molar-refractivity contribution in [1.29, 1.82) is 0 Å². The number of rotatable bonds is 5. The number of amides is 1. The molecule has 0 unspecified atom stereocenters. The molecule has 0 radical (unpaired) electrons. The molecular weight excluding hydrogens is 372 g/mol. The van der Waals surface area contributed by atoms with Gasteiger partial charge in [0.2, 0.25) is 0 Å². The molecule has 0 fully saturated rings. The van der Waals surface area contributed by atoms with Crippen LogP contribution in [-0.4, -0.2) is 26.6 Å². The van der Waals surface area contributed by atoms with E-state index in [9.17, 15) is 14.4 Å². The minimum atomic E-state index is -0.507. The molecule has 0 spiro atoms. The predicted molar refractivity (Wildman–Crippen MR) is 112 cm³/mol. The van der Waals surface area contributed by atoms with Crippen LogP contribution >= 0.6 is 0 Å². The van der Waals surface area contributed by atoms with Gasteiger partial charge >= 0.3 is 5.69 Å². The van der Waals surface area contributed by atoms with Crippen LogP contribution in [0.1, 0.15) is 30.9 Å². The number of ether oxygens (including phenoxy) is 1. The molecule has 0 aliphatic rings. The Balaban J connectivity index is 2.01. The summed E-state index contributed by atoms with van der Waals surface area (Å²) >= 11 is 0. The smallest absolute Gasteiger partial charge is 0.332 e. The molecule has 3 aromatic rings. The first-order valence-corrected chi connectivity index (χ1v) is 9.28. The Morgan fingerprint density at radius 2 is 1.79 bits per heavy atom. The minimum absolute atomic E-state index is 0.00200. The van der Waals surface area contributed by atoms with Gasteiger partial charge in [-0.1, -0.05) is 31.5 Å². The average molecular weight is 396 g/mol. The number of pyridine rings is 1. The van der Waals surface area contributed by atoms with Crippen molar-refractivity contribution in [3.05, 3.63) is 62.4 Å². The van der Waals surface area contributed by atoms with Gasteiger partial charge in [0.1, 0.15) is 11.1 Å². The quantitative estimate of drug-likeness (QED) is 0.712. The van der Waals surface area contributed by atoms with Crippen LogP contribution in [0.4, 0.5) is 5.69 Å². The molecule has 8 nitrogen and oxygen atoms in total. The van der Waals surface area contributed by atoms with Gasteiger partial charge in [-0.15, -0.1) is 0 Å². The summed E-state index contributed by atoms with van der Waals surface area (Å²) in [5, 5.41) is 3.00. The van der Waals surface area contributed by atoms with Crippen molar-refractivity contribution in [2.24, 2.45) is 14.1 Å². The Hall–Kier alpha value is -3.42. The molecule has 0 saturated heterocycles. The first-order chi connectivity index (χ1) is 13.7. The van der Waals surface area contributed by atoms with Crippen molar-refractivity contribution < 1.29 is 9.53 Å². The maximum atomic E-state index is 12.8. The number of nitrogens with zero attached hydrogens (tertiary/aromatic N) is 3. The molecule has 0 aliphatic heterocycles. The fourth-order valence-electron chi connectivity index (χ4n) is 3.07. The van der Waals surface area contributed by atoms with Crippen LogP contribution in [0.5, 0.6) is 5.75 Å². The van der Waals surface area contributed by atoms with Crippen LogP contribution in [0.25, 0.3) is 11.0 Å². The van der Waals surface area contributed by atoms with E-state index >= 15 is 0 Å². The van der Waals surface area contributed by atoms with Crippen molar-refractivity contribution in [1.82, 2.24) is 14.1 Å². The number of carbonyl (C=O) groups excluding carboxylic acids is 1. The summed E-state index contributed by atoms with van der Waals surface area (Å²) in [7, 11) is 2.94. The average Bonchev–Trinajstić information content (AvgIpc) is 2.69. The second kappa shape index (κ2) is 7.90. The topological polar surface area (TPSA) is 95.2 Å². The van der Waals surface area contributed by atoms with E-state index in [4.69, 9.17) is 4.74 Å². The molecule has 3 rings (SSSR count). The maximum Gasteiger partial charge on any atom is 0.332 e. The Bertz CT molecular complexity index is 1190. The van der Waals surface area contributed by atoms with Gasteiger partial charge in [0.25, 0.3) is 11.5 Å². The van der Waals surface area contributed by atoms with E-state index in [0.717, 1.165) is 10.1 Å². The Kier molecular flexibility index (Phi) is 5.54. The maximum absolute atomic E-state index is 12.8. The number of aryl methyl sites for hydroxylation is 2. The third-order valence-electron chi connectivity index (χ3n) is 4.78. The van der Waals surface area contributed by atoms with Gasteiger partial charge in [0.15, 0.2) is 12.3 Å². The second-order valence-corrected chi connectivity index (χ2v) is 7.30. The van der Waals surface area contributed by atoms with Crippen molar-refractivity contribution in [3.63, 3.8) is 0 Å². The van der Waals surface area contributed by atoms with E-state index in [2.05, 4.69) is 10.3 Å². The Labute approximate surface area is 167 Å². The lowest BCUT2D eigenvalue weighted by molar-refractivity contribution is -0.118. The highest BCUT2D eigenvalue weighted by Gasteiger charge is 2.20. The lowest BCUT2D eigenvalue weighted by Crippen LogP contribution is -2.38. The van der Waals surface area contributed by atoms with Gasteiger partial charge in [-0.05, 0) is 30.5 Å². The zero-order valence-electron chi connectivity index (χ0n) is 17.1. The predicted octanol–water partition coefficient (Wildman–Crippen LogP) is 2.08. The summed E-state index contributed by atoms with van der Waals surface area (Å²) in [6.45, 7) is 5.63. The molecule has 8 heteroatoms. The summed E-state index contributed by atoms with van der Waals surface area (Å²) in [5.41, 5.74) is 1.39. The number of nitrogens with one attached hydrogen (secondary N) is 1. The molecule has 0 saturated carbocycles. The summed E-state index contributed by atoms with van der Waals surface area (Å²) in [4.78, 5) is 41.9. The molecule has 29 heavy (non-hydrogen) atoms. The normalized spacial score (nSPS) is 11.1. The molecule has 1 aromatic carbocycles. The van der Waals surface area contributed by atoms with Gasteiger partial charge in [0, 0.05) is 20.3 Å². The number of aromatic nitrogens is 3. The van der Waals surface area contributed by atoms with Gasteiger partial charge in [-0.3, -0.25) is 18.7 Å². The lowest BCUT2D eigenvalue weighted by Gasteiger charge is -2.17. The van der Waals surface area contributed by atoms with E-state index in [1.165, 1.54) is 18.7 Å². The van der Waals surface area contributed by atoms with Crippen molar-refractivity contribution in [3.8, 4) is 5.75 Å². The SMILES string of the molecule is Cc1ccc(OCC(=O)Nc2c(C(C)C)cnc3c2c(=O)n(C)c(=O)n3C)cc1. The fraction of sp³-hybridized carbons (Fsp3) is 0.333. The van der Waals surface area contributed by atoms with E-state index in [1.807, 2.05) is 32.9 Å². The molecule has 2 heterocycles. The summed E-state index contributed by atoms with van der Waals surface area (Å²) in [5.74, 6) is 0.172. The molecule has 152 valence electrons. The van der Waals surface area contributed by atoms with E-state index in [1.54, 1.807) is 18.3 Å². The third kappa shape index (κ3) is 3.91. The van der Waals surface area contributed by atoms with Gasteiger partial charge in [-0.25, -0.2) is 9.78 Å². The Morgan fingerprint density at radius 1 is 1.14 bits per heavy atom. The monoisotopic (exact) mass is 396 g/mol. The van der Waals surface area contributed by atoms with E-state index in [-0.39, 0.29) is 23.6 Å². The zero-order valence-corrected chi connectivity index (χ0v) is 17.1. The summed E-state index contributed by atoms with van der Waals surface area (Å²) < 4.78 is 7.84. The van der Waals surface area contributed by atoms with Crippen molar-refractivity contribution in [2.45, 2.75) is 26.7 Å². The highest BCUT2D eigenvalue weighted by molar-refractivity contribution is 6.01. The third-order valence-corrected chi connectivity index (χ3v) is 4.78. The zero-order chi connectivity index (χ0) is 21.3. The fourth-order valence-corrected chi connectivity index (χ4v) is 3.07. The van der Waals surface area contributed by atoms with Crippen LogP contribution < -0.4 is 21.3 Å². The van der Waals surface area contributed by atoms with E-state index in [0.29, 0.717) is 17.0 Å². The molecule has 0 atom stereocenters. The van der Waals surface area contributed by atoms with Crippen LogP contribution in [0.3, 0.4) is 0 Å². The first kappa shape index (κ1) is 20.3. The number of hydrogen-bond donors (Lipinski definition) is 1. The van der Waals surface area contributed by atoms with Crippen molar-refractivity contribution in [2.75, 3.05) is 11.9 Å². The van der Waals surface area contributed by atoms with E-state index < -0.39 is 17.2 Å². The lowest BCUT2D eigenvalue weighted by atomic mass is 10.0. The number of benzene rings is 1. The second-order valence-electron chi connectivity index (χ2n) is 7.30. The molecular formula is C21H24N4O4. The molecule has 2 aromatic heterocycles. The van der Waals surface area contributed by atoms with Crippen LogP contribution in [-0.2, 0) is 18.9 Å². The molecule has 1 N–H and O–H groups in total. The standard InChI is InChI=1S/C21H24N4O4/c1-12(2)15-10-22-19-17(20(27)25(5)21(28)24(19)4)18(15)23-16(26)11-29-14-8-6-13(3)7-9-14/h6-10,12H,11H2,1-5H3,(H,22,23,26). The molecule has 0 aliphatic carbocycles. The van der Waals surface area contributed by atoms with Crippen LogP contribution in [0.2, 0.25) is 0 Å². The molecule has 0 bridgehead atoms.